The fourth-order valence-corrected chi connectivity index (χ4v) is 3.74. The first kappa shape index (κ1) is 16.6. The Labute approximate surface area is 147 Å². The number of rotatable bonds is 3. The molecule has 134 valence electrons. The van der Waals surface area contributed by atoms with Crippen LogP contribution in [0.25, 0.3) is 0 Å². The molecule has 2 aliphatic rings. The standard InChI is InChI=1S/C16H18F3N5S/c17-16(18,19)12-4-5-13(20-10-12)23-6-1-7-24(9-8-23)15-21-14(22-25-15)11-2-3-11/h4-5,10-11H,1-3,6-9H2. The number of halogens is 3. The van der Waals surface area contributed by atoms with Gasteiger partial charge in [0.2, 0.25) is 5.13 Å². The maximum absolute atomic E-state index is 12.7. The topological polar surface area (TPSA) is 45.2 Å². The van der Waals surface area contributed by atoms with Crippen molar-refractivity contribution in [3.63, 3.8) is 0 Å². The molecule has 0 amide bonds. The molecule has 9 heteroatoms. The molecule has 0 aromatic carbocycles. The molecule has 1 saturated heterocycles. The van der Waals surface area contributed by atoms with Gasteiger partial charge >= 0.3 is 6.18 Å². The van der Waals surface area contributed by atoms with Crippen LogP contribution in [0, 0.1) is 0 Å². The molecule has 0 unspecified atom stereocenters. The number of hydrogen-bond acceptors (Lipinski definition) is 6. The Morgan fingerprint density at radius 3 is 2.48 bits per heavy atom. The normalized spacial score (nSPS) is 19.2. The zero-order valence-electron chi connectivity index (χ0n) is 13.5. The molecule has 0 N–H and O–H groups in total. The summed E-state index contributed by atoms with van der Waals surface area (Å²) < 4.78 is 42.4. The lowest BCUT2D eigenvalue weighted by atomic mass is 10.2. The molecular formula is C16H18F3N5S. The van der Waals surface area contributed by atoms with Crippen molar-refractivity contribution in [1.29, 1.82) is 0 Å². The molecule has 0 spiro atoms. The van der Waals surface area contributed by atoms with Crippen molar-refractivity contribution in [3.05, 3.63) is 29.7 Å². The van der Waals surface area contributed by atoms with Crippen molar-refractivity contribution < 1.29 is 13.2 Å². The maximum Gasteiger partial charge on any atom is 0.417 e. The molecule has 25 heavy (non-hydrogen) atoms. The lowest BCUT2D eigenvalue weighted by Gasteiger charge is -2.22. The third kappa shape index (κ3) is 3.70. The predicted molar refractivity (Wildman–Crippen MR) is 90.2 cm³/mol. The molecule has 0 radical (unpaired) electrons. The Balaban J connectivity index is 1.42. The zero-order chi connectivity index (χ0) is 17.4. The van der Waals surface area contributed by atoms with Crippen LogP contribution in [-0.2, 0) is 6.18 Å². The molecular weight excluding hydrogens is 351 g/mol. The summed E-state index contributed by atoms with van der Waals surface area (Å²) in [5, 5.41) is 0.948. The highest BCUT2D eigenvalue weighted by molar-refractivity contribution is 7.09. The van der Waals surface area contributed by atoms with Crippen LogP contribution >= 0.6 is 11.5 Å². The summed E-state index contributed by atoms with van der Waals surface area (Å²) in [6, 6.07) is 2.55. The second-order valence-corrected chi connectivity index (χ2v) is 7.17. The number of alkyl halides is 3. The second-order valence-electron chi connectivity index (χ2n) is 6.44. The fourth-order valence-electron chi connectivity index (χ4n) is 2.94. The van der Waals surface area contributed by atoms with Gasteiger partial charge in [-0.05, 0) is 31.4 Å². The number of hydrogen-bond donors (Lipinski definition) is 0. The van der Waals surface area contributed by atoms with E-state index in [1.807, 2.05) is 4.90 Å². The van der Waals surface area contributed by atoms with Crippen LogP contribution < -0.4 is 9.80 Å². The van der Waals surface area contributed by atoms with E-state index in [9.17, 15) is 13.2 Å². The van der Waals surface area contributed by atoms with Crippen LogP contribution in [0.4, 0.5) is 24.1 Å². The summed E-state index contributed by atoms with van der Waals surface area (Å²) in [6.07, 6.45) is -0.170. The molecule has 2 aromatic heterocycles. The Kier molecular flexibility index (Phi) is 4.26. The van der Waals surface area contributed by atoms with E-state index in [-0.39, 0.29) is 0 Å². The van der Waals surface area contributed by atoms with Gasteiger partial charge in [0.25, 0.3) is 0 Å². The summed E-state index contributed by atoms with van der Waals surface area (Å²) in [7, 11) is 0. The van der Waals surface area contributed by atoms with Gasteiger partial charge in [0.1, 0.15) is 11.6 Å². The molecule has 1 aliphatic heterocycles. The summed E-state index contributed by atoms with van der Waals surface area (Å²) in [4.78, 5) is 12.9. The average Bonchev–Trinajstić information content (AvgIpc) is 3.37. The number of aromatic nitrogens is 3. The molecule has 5 nitrogen and oxygen atoms in total. The Morgan fingerprint density at radius 2 is 1.80 bits per heavy atom. The minimum absolute atomic E-state index is 0.546. The van der Waals surface area contributed by atoms with Gasteiger partial charge in [-0.2, -0.15) is 17.5 Å². The first-order valence-corrected chi connectivity index (χ1v) is 9.15. The van der Waals surface area contributed by atoms with E-state index < -0.39 is 11.7 Å². The van der Waals surface area contributed by atoms with Crippen LogP contribution in [-0.4, -0.2) is 40.5 Å². The number of pyridine rings is 1. The summed E-state index contributed by atoms with van der Waals surface area (Å²) in [6.45, 7) is 3.11. The molecule has 0 bridgehead atoms. The monoisotopic (exact) mass is 369 g/mol. The van der Waals surface area contributed by atoms with Crippen LogP contribution in [0.3, 0.4) is 0 Å². The lowest BCUT2D eigenvalue weighted by molar-refractivity contribution is -0.137. The van der Waals surface area contributed by atoms with E-state index in [1.54, 1.807) is 0 Å². The first-order valence-electron chi connectivity index (χ1n) is 8.37. The van der Waals surface area contributed by atoms with E-state index >= 15 is 0 Å². The maximum atomic E-state index is 12.7. The molecule has 3 heterocycles. The molecule has 0 atom stereocenters. The van der Waals surface area contributed by atoms with E-state index in [4.69, 9.17) is 0 Å². The van der Waals surface area contributed by atoms with Crippen LogP contribution in [0.5, 0.6) is 0 Å². The van der Waals surface area contributed by atoms with Crippen molar-refractivity contribution in [1.82, 2.24) is 14.3 Å². The molecule has 4 rings (SSSR count). The van der Waals surface area contributed by atoms with Gasteiger partial charge in [-0.15, -0.1) is 0 Å². The van der Waals surface area contributed by atoms with Crippen molar-refractivity contribution >= 4 is 22.5 Å². The van der Waals surface area contributed by atoms with E-state index in [2.05, 4.69) is 19.2 Å². The van der Waals surface area contributed by atoms with Gasteiger partial charge in [0, 0.05) is 49.8 Å². The van der Waals surface area contributed by atoms with Crippen molar-refractivity contribution in [2.45, 2.75) is 31.4 Å². The molecule has 2 aromatic rings. The fraction of sp³-hybridized carbons (Fsp3) is 0.562. The van der Waals surface area contributed by atoms with Crippen LogP contribution in [0.1, 0.15) is 36.6 Å². The summed E-state index contributed by atoms with van der Waals surface area (Å²) >= 11 is 1.44. The van der Waals surface area contributed by atoms with Gasteiger partial charge in [-0.3, -0.25) is 0 Å². The van der Waals surface area contributed by atoms with Gasteiger partial charge in [-0.1, -0.05) is 0 Å². The molecule has 2 fully saturated rings. The quantitative estimate of drug-likeness (QED) is 0.828. The minimum atomic E-state index is -4.35. The Morgan fingerprint density at radius 1 is 1.04 bits per heavy atom. The van der Waals surface area contributed by atoms with E-state index in [0.717, 1.165) is 49.3 Å². The first-order chi connectivity index (χ1) is 12.0. The Bertz CT molecular complexity index is 726. The summed E-state index contributed by atoms with van der Waals surface area (Å²) in [5.41, 5.74) is -0.714. The highest BCUT2D eigenvalue weighted by atomic mass is 32.1. The molecule has 1 aliphatic carbocycles. The third-order valence-corrected chi connectivity index (χ3v) is 5.33. The zero-order valence-corrected chi connectivity index (χ0v) is 14.4. The van der Waals surface area contributed by atoms with Crippen molar-refractivity contribution in [3.8, 4) is 0 Å². The van der Waals surface area contributed by atoms with Crippen molar-refractivity contribution in [2.24, 2.45) is 0 Å². The van der Waals surface area contributed by atoms with Gasteiger partial charge in [0.05, 0.1) is 5.56 Å². The van der Waals surface area contributed by atoms with Gasteiger partial charge in [-0.25, -0.2) is 9.97 Å². The highest BCUT2D eigenvalue weighted by Gasteiger charge is 2.31. The third-order valence-electron chi connectivity index (χ3n) is 4.54. The molecule has 1 saturated carbocycles. The van der Waals surface area contributed by atoms with Crippen molar-refractivity contribution in [2.75, 3.05) is 36.0 Å². The minimum Gasteiger partial charge on any atom is -0.355 e. The largest absolute Gasteiger partial charge is 0.417 e. The number of anilines is 2. The Hall–Kier alpha value is -1.90. The second kappa shape index (κ2) is 6.44. The lowest BCUT2D eigenvalue weighted by Crippen LogP contribution is -2.31. The van der Waals surface area contributed by atoms with Gasteiger partial charge < -0.3 is 9.80 Å². The van der Waals surface area contributed by atoms with Crippen LogP contribution in [0.2, 0.25) is 0 Å². The van der Waals surface area contributed by atoms with Crippen LogP contribution in [0.15, 0.2) is 18.3 Å². The average molecular weight is 369 g/mol. The van der Waals surface area contributed by atoms with E-state index in [1.165, 1.54) is 30.4 Å². The predicted octanol–water partition coefficient (Wildman–Crippen LogP) is 3.55. The highest BCUT2D eigenvalue weighted by Crippen LogP contribution is 2.39. The summed E-state index contributed by atoms with van der Waals surface area (Å²) in [5.74, 6) is 2.10. The number of nitrogens with zero attached hydrogens (tertiary/aromatic N) is 5. The van der Waals surface area contributed by atoms with Gasteiger partial charge in [0.15, 0.2) is 0 Å². The SMILES string of the molecule is FC(F)(F)c1ccc(N2CCCN(c3nc(C4CC4)ns3)CC2)nc1. The van der Waals surface area contributed by atoms with E-state index in [0.29, 0.717) is 18.3 Å². The smallest absolute Gasteiger partial charge is 0.355 e.